The molecule has 0 bridgehead atoms. The summed E-state index contributed by atoms with van der Waals surface area (Å²) in [6.45, 7) is 2.53. The monoisotopic (exact) mass is 318 g/mol. The van der Waals surface area contributed by atoms with Gasteiger partial charge in [-0.1, -0.05) is 12.1 Å². The smallest absolute Gasteiger partial charge is 0.254 e. The van der Waals surface area contributed by atoms with E-state index in [9.17, 15) is 14.0 Å². The number of ether oxygens (including phenoxy) is 1. The lowest BCUT2D eigenvalue weighted by atomic mass is 10.1. The second-order valence-electron chi connectivity index (χ2n) is 5.18. The molecule has 0 radical (unpaired) electrons. The molecule has 2 aromatic rings. The van der Waals surface area contributed by atoms with Crippen molar-refractivity contribution in [1.29, 1.82) is 0 Å². The molecule has 6 heteroatoms. The Morgan fingerprint density at radius 2 is 1.96 bits per heavy atom. The molecule has 0 aliphatic carbocycles. The molecule has 0 saturated carbocycles. The van der Waals surface area contributed by atoms with Gasteiger partial charge in [-0.05, 0) is 30.7 Å². The van der Waals surface area contributed by atoms with Crippen LogP contribution in [0.4, 0.5) is 4.39 Å². The standard InChI is InChI=1S/C17H19FN2O3/c1-12-9-15(23-2)11-17(22)20(12)8-7-19-16(21)10-13-3-5-14(18)6-4-13/h3-6,9,11H,7-8,10H2,1-2H3,(H,19,21). The highest BCUT2D eigenvalue weighted by Crippen LogP contribution is 2.08. The predicted octanol–water partition coefficient (Wildman–Crippen LogP) is 1.66. The average Bonchev–Trinajstić information content (AvgIpc) is 2.52. The Kier molecular flexibility index (Phi) is 5.51. The van der Waals surface area contributed by atoms with Gasteiger partial charge in [0.2, 0.25) is 5.91 Å². The lowest BCUT2D eigenvalue weighted by molar-refractivity contribution is -0.120. The summed E-state index contributed by atoms with van der Waals surface area (Å²) in [7, 11) is 1.51. The molecule has 1 N–H and O–H groups in total. The van der Waals surface area contributed by atoms with E-state index >= 15 is 0 Å². The van der Waals surface area contributed by atoms with Crippen molar-refractivity contribution in [3.05, 3.63) is 63.8 Å². The number of methoxy groups -OCH3 is 1. The fraction of sp³-hybridized carbons (Fsp3) is 0.294. The normalized spacial score (nSPS) is 10.4. The van der Waals surface area contributed by atoms with Crippen LogP contribution in [-0.4, -0.2) is 24.1 Å². The lowest BCUT2D eigenvalue weighted by Gasteiger charge is -2.12. The van der Waals surface area contributed by atoms with Crippen LogP contribution in [-0.2, 0) is 17.8 Å². The van der Waals surface area contributed by atoms with Gasteiger partial charge in [0, 0.05) is 24.8 Å². The zero-order valence-electron chi connectivity index (χ0n) is 13.1. The van der Waals surface area contributed by atoms with E-state index in [0.717, 1.165) is 11.3 Å². The topological polar surface area (TPSA) is 60.3 Å². The van der Waals surface area contributed by atoms with Crippen LogP contribution >= 0.6 is 0 Å². The SMILES string of the molecule is COc1cc(C)n(CCNC(=O)Cc2ccc(F)cc2)c(=O)c1. The van der Waals surface area contributed by atoms with E-state index in [2.05, 4.69) is 5.32 Å². The number of aromatic nitrogens is 1. The summed E-state index contributed by atoms with van der Waals surface area (Å²) in [6.07, 6.45) is 0.177. The number of carbonyl (C=O) groups excluding carboxylic acids is 1. The maximum absolute atomic E-state index is 12.8. The highest BCUT2D eigenvalue weighted by molar-refractivity contribution is 5.78. The van der Waals surface area contributed by atoms with E-state index in [0.29, 0.717) is 18.8 Å². The van der Waals surface area contributed by atoms with Crippen molar-refractivity contribution in [2.24, 2.45) is 0 Å². The molecule has 23 heavy (non-hydrogen) atoms. The quantitative estimate of drug-likeness (QED) is 0.881. The molecule has 1 amide bonds. The Bertz CT molecular complexity index is 738. The summed E-state index contributed by atoms with van der Waals surface area (Å²) < 4.78 is 19.4. The molecule has 0 aliphatic heterocycles. The number of pyridine rings is 1. The minimum atomic E-state index is -0.330. The number of hydrogen-bond acceptors (Lipinski definition) is 3. The molecule has 1 aromatic heterocycles. The Labute approximate surface area is 133 Å². The van der Waals surface area contributed by atoms with Gasteiger partial charge in [-0.2, -0.15) is 0 Å². The van der Waals surface area contributed by atoms with Crippen molar-refractivity contribution >= 4 is 5.91 Å². The van der Waals surface area contributed by atoms with Gasteiger partial charge in [-0.15, -0.1) is 0 Å². The Morgan fingerprint density at radius 1 is 1.26 bits per heavy atom. The number of halogens is 1. The fourth-order valence-electron chi connectivity index (χ4n) is 2.26. The van der Waals surface area contributed by atoms with Crippen molar-refractivity contribution < 1.29 is 13.9 Å². The van der Waals surface area contributed by atoms with E-state index < -0.39 is 0 Å². The van der Waals surface area contributed by atoms with Crippen LogP contribution in [0.25, 0.3) is 0 Å². The van der Waals surface area contributed by atoms with Gasteiger partial charge in [0.1, 0.15) is 11.6 Å². The van der Waals surface area contributed by atoms with Gasteiger partial charge in [-0.25, -0.2) is 4.39 Å². The number of amides is 1. The minimum Gasteiger partial charge on any atom is -0.496 e. The molecule has 1 aromatic carbocycles. The van der Waals surface area contributed by atoms with Gasteiger partial charge >= 0.3 is 0 Å². The summed E-state index contributed by atoms with van der Waals surface area (Å²) >= 11 is 0. The Morgan fingerprint density at radius 3 is 2.57 bits per heavy atom. The third-order valence-electron chi connectivity index (χ3n) is 3.48. The average molecular weight is 318 g/mol. The second-order valence-corrected chi connectivity index (χ2v) is 5.18. The third-order valence-corrected chi connectivity index (χ3v) is 3.48. The van der Waals surface area contributed by atoms with Crippen molar-refractivity contribution in [3.63, 3.8) is 0 Å². The van der Waals surface area contributed by atoms with Gasteiger partial charge in [0.15, 0.2) is 0 Å². The Hall–Kier alpha value is -2.63. The van der Waals surface area contributed by atoms with Crippen LogP contribution in [0.15, 0.2) is 41.2 Å². The number of hydrogen-bond donors (Lipinski definition) is 1. The highest BCUT2D eigenvalue weighted by Gasteiger charge is 2.06. The number of aryl methyl sites for hydroxylation is 1. The largest absolute Gasteiger partial charge is 0.496 e. The summed E-state index contributed by atoms with van der Waals surface area (Å²) in [4.78, 5) is 23.8. The molecule has 0 spiro atoms. The van der Waals surface area contributed by atoms with Crippen LogP contribution < -0.4 is 15.6 Å². The van der Waals surface area contributed by atoms with Crippen LogP contribution in [0.2, 0.25) is 0 Å². The second kappa shape index (κ2) is 7.58. The number of carbonyl (C=O) groups is 1. The minimum absolute atomic E-state index is 0.171. The van der Waals surface area contributed by atoms with Crippen LogP contribution in [0.3, 0.4) is 0 Å². The van der Waals surface area contributed by atoms with E-state index in [1.807, 2.05) is 6.92 Å². The first kappa shape index (κ1) is 16.7. The van der Waals surface area contributed by atoms with E-state index in [-0.39, 0.29) is 23.7 Å². The summed E-state index contributed by atoms with van der Waals surface area (Å²) in [6, 6.07) is 8.97. The Balaban J connectivity index is 1.88. The van der Waals surface area contributed by atoms with E-state index in [1.54, 1.807) is 22.8 Å². The molecular formula is C17H19FN2O3. The zero-order chi connectivity index (χ0) is 16.8. The first-order chi connectivity index (χ1) is 11.0. The van der Waals surface area contributed by atoms with Crippen molar-refractivity contribution in [2.75, 3.05) is 13.7 Å². The number of benzene rings is 1. The van der Waals surface area contributed by atoms with Gasteiger partial charge in [0.05, 0.1) is 13.5 Å². The maximum atomic E-state index is 12.8. The lowest BCUT2D eigenvalue weighted by Crippen LogP contribution is -2.32. The highest BCUT2D eigenvalue weighted by atomic mass is 19.1. The van der Waals surface area contributed by atoms with Gasteiger partial charge in [0.25, 0.3) is 5.56 Å². The number of rotatable bonds is 6. The van der Waals surface area contributed by atoms with Crippen molar-refractivity contribution in [1.82, 2.24) is 9.88 Å². The number of nitrogens with one attached hydrogen (secondary N) is 1. The first-order valence-corrected chi connectivity index (χ1v) is 7.26. The molecule has 1 heterocycles. The molecule has 0 atom stereocenters. The molecule has 122 valence electrons. The molecule has 0 unspecified atom stereocenters. The molecule has 0 fully saturated rings. The zero-order valence-corrected chi connectivity index (χ0v) is 13.1. The summed E-state index contributed by atoms with van der Waals surface area (Å²) in [5.41, 5.74) is 1.33. The summed E-state index contributed by atoms with van der Waals surface area (Å²) in [5, 5.41) is 2.75. The number of nitrogens with zero attached hydrogens (tertiary/aromatic N) is 1. The van der Waals surface area contributed by atoms with Crippen LogP contribution in [0.1, 0.15) is 11.3 Å². The first-order valence-electron chi connectivity index (χ1n) is 7.26. The maximum Gasteiger partial charge on any atom is 0.254 e. The fourth-order valence-corrected chi connectivity index (χ4v) is 2.26. The van der Waals surface area contributed by atoms with Crippen molar-refractivity contribution in [2.45, 2.75) is 19.9 Å². The molecular weight excluding hydrogens is 299 g/mol. The van der Waals surface area contributed by atoms with Crippen LogP contribution in [0.5, 0.6) is 5.75 Å². The third kappa shape index (κ3) is 4.67. The van der Waals surface area contributed by atoms with Gasteiger partial charge in [-0.3, -0.25) is 9.59 Å². The van der Waals surface area contributed by atoms with Crippen LogP contribution in [0, 0.1) is 12.7 Å². The van der Waals surface area contributed by atoms with E-state index in [4.69, 9.17) is 4.74 Å². The van der Waals surface area contributed by atoms with Gasteiger partial charge < -0.3 is 14.6 Å². The predicted molar refractivity (Wildman–Crippen MR) is 85.1 cm³/mol. The molecule has 0 aliphatic rings. The molecule has 5 nitrogen and oxygen atoms in total. The molecule has 2 rings (SSSR count). The van der Waals surface area contributed by atoms with Crippen molar-refractivity contribution in [3.8, 4) is 5.75 Å². The molecule has 0 saturated heterocycles. The summed E-state index contributed by atoms with van der Waals surface area (Å²) in [5.74, 6) is 0.0171. The van der Waals surface area contributed by atoms with E-state index in [1.165, 1.54) is 25.3 Å².